The maximum atomic E-state index is 2.53. The third kappa shape index (κ3) is 5.67. The molecule has 5 rings (SSSR count). The van der Waals surface area contributed by atoms with Crippen LogP contribution in [0.25, 0.3) is 0 Å². The van der Waals surface area contributed by atoms with Crippen LogP contribution in [0.5, 0.6) is 0 Å². The SMILES string of the molecule is CCN(CC)CC[N+](C)=C1/C(=C/C=C2N(C)c3ccccc3C2(C)C)CCC/C1=C\C=C1\N(C)c2ccccc2C1(C)C. The van der Waals surface area contributed by atoms with E-state index in [2.05, 4.69) is 155 Å². The molecule has 0 amide bonds. The number of hydrogen-bond donors (Lipinski definition) is 0. The fraction of sp³-hybridized carbons (Fsp3) is 0.462. The molecule has 228 valence electrons. The Bertz CT molecular complexity index is 1410. The van der Waals surface area contributed by atoms with Crippen molar-refractivity contribution >= 4 is 17.1 Å². The smallest absolute Gasteiger partial charge is 0.206 e. The quantitative estimate of drug-likeness (QED) is 0.309. The normalized spacial score (nSPS) is 24.0. The summed E-state index contributed by atoms with van der Waals surface area (Å²) >= 11 is 0. The summed E-state index contributed by atoms with van der Waals surface area (Å²) in [6, 6.07) is 17.7. The Kier molecular flexibility index (Phi) is 8.90. The molecule has 0 saturated heterocycles. The minimum atomic E-state index is -0.0252. The van der Waals surface area contributed by atoms with Crippen molar-refractivity contribution in [3.05, 3.63) is 107 Å². The summed E-state index contributed by atoms with van der Waals surface area (Å²) in [5.74, 6) is 0. The number of fused-ring (bicyclic) bond motifs is 2. The second-order valence-corrected chi connectivity index (χ2v) is 13.5. The fourth-order valence-corrected chi connectivity index (χ4v) is 7.63. The Balaban J connectivity index is 1.56. The molecule has 2 heterocycles. The van der Waals surface area contributed by atoms with Gasteiger partial charge < -0.3 is 9.80 Å². The van der Waals surface area contributed by atoms with Gasteiger partial charge >= 0.3 is 0 Å². The molecule has 2 aliphatic heterocycles. The van der Waals surface area contributed by atoms with Gasteiger partial charge in [-0.05, 0) is 67.8 Å². The molecular weight excluding hydrogens is 524 g/mol. The number of hydrogen-bond acceptors (Lipinski definition) is 3. The van der Waals surface area contributed by atoms with Crippen molar-refractivity contribution in [1.82, 2.24) is 4.90 Å². The van der Waals surface area contributed by atoms with Crippen molar-refractivity contribution in [2.75, 3.05) is 57.1 Å². The molecule has 0 radical (unpaired) electrons. The van der Waals surface area contributed by atoms with E-state index in [-0.39, 0.29) is 10.8 Å². The average Bonchev–Trinajstić information content (AvgIpc) is 3.32. The largest absolute Gasteiger partial charge is 0.347 e. The summed E-state index contributed by atoms with van der Waals surface area (Å²) in [4.78, 5) is 7.29. The molecule has 1 aliphatic carbocycles. The van der Waals surface area contributed by atoms with E-state index in [1.807, 2.05) is 0 Å². The molecule has 0 atom stereocenters. The van der Waals surface area contributed by atoms with E-state index in [0.717, 1.165) is 39.0 Å². The van der Waals surface area contributed by atoms with Crippen LogP contribution in [0.1, 0.15) is 71.9 Å². The molecule has 2 aromatic carbocycles. The predicted molar refractivity (Wildman–Crippen MR) is 186 cm³/mol. The van der Waals surface area contributed by atoms with Gasteiger partial charge in [-0.1, -0.05) is 90.1 Å². The van der Waals surface area contributed by atoms with E-state index < -0.39 is 0 Å². The zero-order chi connectivity index (χ0) is 30.9. The van der Waals surface area contributed by atoms with Crippen molar-refractivity contribution in [2.24, 2.45) is 0 Å². The third-order valence-electron chi connectivity index (χ3n) is 10.3. The fourth-order valence-electron chi connectivity index (χ4n) is 7.63. The van der Waals surface area contributed by atoms with Crippen LogP contribution in [0, 0.1) is 0 Å². The predicted octanol–water partition coefficient (Wildman–Crippen LogP) is 8.07. The van der Waals surface area contributed by atoms with Crippen molar-refractivity contribution in [2.45, 2.75) is 71.6 Å². The van der Waals surface area contributed by atoms with Crippen LogP contribution in [0.3, 0.4) is 0 Å². The van der Waals surface area contributed by atoms with Crippen molar-refractivity contribution in [1.29, 1.82) is 0 Å². The van der Waals surface area contributed by atoms with E-state index in [9.17, 15) is 0 Å². The van der Waals surface area contributed by atoms with Gasteiger partial charge in [-0.15, -0.1) is 0 Å². The number of rotatable bonds is 7. The number of nitrogens with zero attached hydrogens (tertiary/aromatic N) is 4. The van der Waals surface area contributed by atoms with E-state index in [0.29, 0.717) is 0 Å². The number of likely N-dealkylation sites (N-methyl/N-ethyl adjacent to an activating group) is 4. The van der Waals surface area contributed by atoms with Gasteiger partial charge in [-0.3, -0.25) is 4.90 Å². The zero-order valence-electron chi connectivity index (χ0n) is 28.2. The molecule has 0 spiro atoms. The molecule has 2 aromatic rings. The van der Waals surface area contributed by atoms with Crippen LogP contribution in [0.15, 0.2) is 95.4 Å². The first-order valence-corrected chi connectivity index (χ1v) is 16.3. The summed E-state index contributed by atoms with van der Waals surface area (Å²) in [5, 5.41) is 0. The number of anilines is 2. The summed E-state index contributed by atoms with van der Waals surface area (Å²) in [6.45, 7) is 18.2. The topological polar surface area (TPSA) is 12.7 Å². The van der Waals surface area contributed by atoms with Crippen molar-refractivity contribution in [3.8, 4) is 0 Å². The Morgan fingerprint density at radius 3 is 1.58 bits per heavy atom. The number of para-hydroxylation sites is 2. The van der Waals surface area contributed by atoms with Gasteiger partial charge in [-0.25, -0.2) is 4.58 Å². The Morgan fingerprint density at radius 2 is 1.16 bits per heavy atom. The highest BCUT2D eigenvalue weighted by atomic mass is 15.2. The minimum absolute atomic E-state index is 0.0252. The van der Waals surface area contributed by atoms with Gasteiger partial charge in [0.05, 0.1) is 6.54 Å². The highest BCUT2D eigenvalue weighted by Gasteiger charge is 2.39. The molecular formula is C39H53N4+. The first-order chi connectivity index (χ1) is 20.5. The molecule has 0 bridgehead atoms. The molecule has 1 saturated carbocycles. The molecule has 0 unspecified atom stereocenters. The van der Waals surface area contributed by atoms with Gasteiger partial charge in [0.25, 0.3) is 0 Å². The highest BCUT2D eigenvalue weighted by Crippen LogP contribution is 2.48. The maximum absolute atomic E-state index is 2.53. The summed E-state index contributed by atoms with van der Waals surface area (Å²) in [7, 11) is 6.74. The van der Waals surface area contributed by atoms with Gasteiger partial charge in [-0.2, -0.15) is 0 Å². The monoisotopic (exact) mass is 577 g/mol. The molecule has 4 nitrogen and oxygen atoms in total. The Hall–Kier alpha value is -3.37. The lowest BCUT2D eigenvalue weighted by Gasteiger charge is -2.25. The average molecular weight is 578 g/mol. The maximum Gasteiger partial charge on any atom is 0.206 e. The van der Waals surface area contributed by atoms with Crippen molar-refractivity contribution in [3.63, 3.8) is 0 Å². The third-order valence-corrected chi connectivity index (χ3v) is 10.3. The van der Waals surface area contributed by atoms with Gasteiger partial charge in [0.15, 0.2) is 6.54 Å². The lowest BCUT2D eigenvalue weighted by molar-refractivity contribution is -0.497. The molecule has 0 aromatic heterocycles. The second kappa shape index (κ2) is 12.3. The molecule has 0 N–H and O–H groups in total. The summed E-state index contributed by atoms with van der Waals surface area (Å²) in [5.41, 5.74) is 12.4. The van der Waals surface area contributed by atoms with E-state index >= 15 is 0 Å². The zero-order valence-corrected chi connectivity index (χ0v) is 28.2. The van der Waals surface area contributed by atoms with Crippen LogP contribution in [0.4, 0.5) is 11.4 Å². The molecule has 43 heavy (non-hydrogen) atoms. The van der Waals surface area contributed by atoms with Crippen molar-refractivity contribution < 1.29 is 4.58 Å². The Morgan fingerprint density at radius 1 is 0.721 bits per heavy atom. The summed E-state index contributed by atoms with van der Waals surface area (Å²) < 4.78 is 2.53. The van der Waals surface area contributed by atoms with E-state index in [1.165, 1.54) is 57.2 Å². The van der Waals surface area contributed by atoms with Gasteiger partial charge in [0, 0.05) is 58.8 Å². The molecule has 3 aliphatic rings. The van der Waals surface area contributed by atoms with E-state index in [4.69, 9.17) is 0 Å². The second-order valence-electron chi connectivity index (χ2n) is 13.5. The minimum Gasteiger partial charge on any atom is -0.347 e. The molecule has 4 heteroatoms. The number of benzene rings is 2. The van der Waals surface area contributed by atoms with E-state index in [1.54, 1.807) is 0 Å². The van der Waals surface area contributed by atoms with Crippen LogP contribution in [-0.2, 0) is 10.8 Å². The van der Waals surface area contributed by atoms with Crippen LogP contribution in [0.2, 0.25) is 0 Å². The first kappa shape index (κ1) is 31.1. The standard InChI is InChI=1S/C39H53N4/c1-10-43(11-2)28-27-40(7)37-29(23-25-35-38(3,4)31-19-12-14-21-33(31)41(35)8)17-16-18-30(37)24-26-36-39(5,6)32-20-13-15-22-34(32)42(36)9/h12-15,19-26H,10-11,16-18,27-28H2,1-9H3/q+1. The summed E-state index contributed by atoms with van der Waals surface area (Å²) in [6.07, 6.45) is 13.1. The lowest BCUT2D eigenvalue weighted by atomic mass is 9.82. The van der Waals surface area contributed by atoms with Gasteiger partial charge in [0.2, 0.25) is 5.71 Å². The number of allylic oxidation sites excluding steroid dienone is 8. The molecule has 1 fully saturated rings. The Labute approximate surface area is 261 Å². The highest BCUT2D eigenvalue weighted by molar-refractivity contribution is 6.10. The van der Waals surface area contributed by atoms with Crippen LogP contribution < -0.4 is 9.80 Å². The van der Waals surface area contributed by atoms with Crippen LogP contribution in [-0.4, -0.2) is 62.5 Å². The van der Waals surface area contributed by atoms with Crippen LogP contribution >= 0.6 is 0 Å². The lowest BCUT2D eigenvalue weighted by Crippen LogP contribution is -2.33. The van der Waals surface area contributed by atoms with Gasteiger partial charge in [0.1, 0.15) is 7.05 Å². The first-order valence-electron chi connectivity index (χ1n) is 16.3.